The molecule has 1 aliphatic rings. The predicted molar refractivity (Wildman–Crippen MR) is 44.6 cm³/mol. The van der Waals surface area contributed by atoms with Crippen molar-refractivity contribution in [2.75, 3.05) is 19.8 Å². The van der Waals surface area contributed by atoms with Gasteiger partial charge in [-0.25, -0.2) is 0 Å². The average Bonchev–Trinajstić information content (AvgIpc) is 2.14. The fourth-order valence-corrected chi connectivity index (χ4v) is 1.24. The van der Waals surface area contributed by atoms with Gasteiger partial charge in [0.15, 0.2) is 0 Å². The second-order valence-corrected chi connectivity index (χ2v) is 2.94. The van der Waals surface area contributed by atoms with Crippen LogP contribution in [0, 0.1) is 11.3 Å². The second kappa shape index (κ2) is 5.99. The Balaban J connectivity index is 1.95. The molecule has 0 aromatic heterocycles. The fourth-order valence-electron chi connectivity index (χ4n) is 1.24. The van der Waals surface area contributed by atoms with E-state index in [0.717, 1.165) is 39.1 Å². The number of rotatable bonds is 4. The first-order chi connectivity index (χ1) is 5.93. The topological polar surface area (TPSA) is 42.2 Å². The second-order valence-electron chi connectivity index (χ2n) is 2.94. The van der Waals surface area contributed by atoms with Gasteiger partial charge in [-0.1, -0.05) is 0 Å². The average molecular weight is 169 g/mol. The monoisotopic (exact) mass is 169 g/mol. The van der Waals surface area contributed by atoms with Gasteiger partial charge in [0.25, 0.3) is 0 Å². The van der Waals surface area contributed by atoms with Crippen molar-refractivity contribution < 1.29 is 9.47 Å². The highest BCUT2D eigenvalue weighted by molar-refractivity contribution is 4.68. The van der Waals surface area contributed by atoms with Gasteiger partial charge in [0.05, 0.1) is 12.2 Å². The third kappa shape index (κ3) is 3.70. The molecule has 0 unspecified atom stereocenters. The van der Waals surface area contributed by atoms with Gasteiger partial charge in [-0.05, 0) is 19.3 Å². The van der Waals surface area contributed by atoms with E-state index in [0.29, 0.717) is 12.5 Å². The molecule has 1 rings (SSSR count). The smallest absolute Gasteiger partial charge is 0.0622 e. The Bertz CT molecular complexity index is 147. The normalized spacial score (nSPS) is 18.9. The predicted octanol–water partition coefficient (Wildman–Crippen LogP) is 1.49. The molecule has 0 bridgehead atoms. The van der Waals surface area contributed by atoms with Crippen LogP contribution in [0.2, 0.25) is 0 Å². The molecule has 0 aromatic carbocycles. The summed E-state index contributed by atoms with van der Waals surface area (Å²) in [5.74, 6) is 0. The van der Waals surface area contributed by atoms with Gasteiger partial charge in [-0.2, -0.15) is 5.26 Å². The lowest BCUT2D eigenvalue weighted by molar-refractivity contribution is -0.0320. The summed E-state index contributed by atoms with van der Waals surface area (Å²) in [4.78, 5) is 0. The van der Waals surface area contributed by atoms with Crippen LogP contribution in [0.15, 0.2) is 0 Å². The first kappa shape index (κ1) is 9.50. The molecule has 0 N–H and O–H groups in total. The molecule has 0 amide bonds. The summed E-state index contributed by atoms with van der Waals surface area (Å²) in [6.45, 7) is 2.37. The van der Waals surface area contributed by atoms with Gasteiger partial charge in [-0.3, -0.25) is 0 Å². The Morgan fingerprint density at radius 2 is 2.17 bits per heavy atom. The Morgan fingerprint density at radius 1 is 1.42 bits per heavy atom. The van der Waals surface area contributed by atoms with Crippen LogP contribution in [0.25, 0.3) is 0 Å². The highest BCUT2D eigenvalue weighted by atomic mass is 16.5. The maximum Gasteiger partial charge on any atom is 0.0622 e. The molecule has 0 aliphatic carbocycles. The van der Waals surface area contributed by atoms with Crippen LogP contribution < -0.4 is 0 Å². The molecule has 3 nitrogen and oxygen atoms in total. The van der Waals surface area contributed by atoms with Crippen molar-refractivity contribution in [3.8, 4) is 6.07 Å². The van der Waals surface area contributed by atoms with Gasteiger partial charge in [-0.15, -0.1) is 0 Å². The number of hydrogen-bond donors (Lipinski definition) is 0. The van der Waals surface area contributed by atoms with E-state index in [2.05, 4.69) is 6.07 Å². The quantitative estimate of drug-likeness (QED) is 0.599. The number of hydrogen-bond acceptors (Lipinski definition) is 3. The molecule has 1 heterocycles. The van der Waals surface area contributed by atoms with Crippen LogP contribution in [0.1, 0.15) is 25.7 Å². The number of ether oxygens (including phenoxy) is 2. The van der Waals surface area contributed by atoms with E-state index in [9.17, 15) is 0 Å². The summed E-state index contributed by atoms with van der Waals surface area (Å²) < 4.78 is 10.7. The van der Waals surface area contributed by atoms with Gasteiger partial charge in [0.1, 0.15) is 0 Å². The number of nitriles is 1. The number of unbranched alkanes of at least 4 members (excludes halogenated alkanes) is 1. The zero-order valence-corrected chi connectivity index (χ0v) is 7.29. The summed E-state index contributed by atoms with van der Waals surface area (Å²) in [5, 5.41) is 8.28. The van der Waals surface area contributed by atoms with Crippen molar-refractivity contribution >= 4 is 0 Å². The standard InChI is InChI=1S/C9H15NO2/c10-5-1-2-6-12-9-3-7-11-8-4-9/h9H,1-4,6-8H2. The summed E-state index contributed by atoms with van der Waals surface area (Å²) in [7, 11) is 0. The van der Waals surface area contributed by atoms with Crippen LogP contribution >= 0.6 is 0 Å². The van der Waals surface area contributed by atoms with Crippen LogP contribution in [-0.4, -0.2) is 25.9 Å². The van der Waals surface area contributed by atoms with Crippen molar-refractivity contribution in [3.63, 3.8) is 0 Å². The largest absolute Gasteiger partial charge is 0.381 e. The van der Waals surface area contributed by atoms with Crippen LogP contribution in [0.5, 0.6) is 0 Å². The molecule has 1 fully saturated rings. The molecule has 3 heteroatoms. The third-order valence-electron chi connectivity index (χ3n) is 1.95. The summed E-state index contributed by atoms with van der Waals surface area (Å²) in [6, 6.07) is 2.10. The molecule has 0 saturated carbocycles. The molecule has 0 radical (unpaired) electrons. The van der Waals surface area contributed by atoms with E-state index < -0.39 is 0 Å². The molecule has 1 aliphatic heterocycles. The first-order valence-electron chi connectivity index (χ1n) is 4.50. The van der Waals surface area contributed by atoms with Crippen molar-refractivity contribution in [1.29, 1.82) is 5.26 Å². The minimum atomic E-state index is 0.373. The molecule has 1 saturated heterocycles. The Kier molecular flexibility index (Phi) is 4.74. The Labute approximate surface area is 73.3 Å². The highest BCUT2D eigenvalue weighted by Crippen LogP contribution is 2.10. The van der Waals surface area contributed by atoms with Crippen molar-refractivity contribution in [2.45, 2.75) is 31.8 Å². The fraction of sp³-hybridized carbons (Fsp3) is 0.889. The number of nitrogens with zero attached hydrogens (tertiary/aromatic N) is 1. The Hall–Kier alpha value is -0.590. The van der Waals surface area contributed by atoms with Crippen molar-refractivity contribution in [3.05, 3.63) is 0 Å². The lowest BCUT2D eigenvalue weighted by Crippen LogP contribution is -2.23. The maximum absolute atomic E-state index is 8.28. The minimum absolute atomic E-state index is 0.373. The van der Waals surface area contributed by atoms with Crippen molar-refractivity contribution in [2.24, 2.45) is 0 Å². The van der Waals surface area contributed by atoms with Crippen molar-refractivity contribution in [1.82, 2.24) is 0 Å². The Morgan fingerprint density at radius 3 is 2.83 bits per heavy atom. The van der Waals surface area contributed by atoms with Gasteiger partial charge >= 0.3 is 0 Å². The van der Waals surface area contributed by atoms with Crippen LogP contribution in [-0.2, 0) is 9.47 Å². The molecular formula is C9H15NO2. The zero-order valence-electron chi connectivity index (χ0n) is 7.29. The molecule has 12 heavy (non-hydrogen) atoms. The molecule has 0 atom stereocenters. The van der Waals surface area contributed by atoms with Gasteiger partial charge < -0.3 is 9.47 Å². The minimum Gasteiger partial charge on any atom is -0.381 e. The molecule has 68 valence electrons. The van der Waals surface area contributed by atoms with Gasteiger partial charge in [0.2, 0.25) is 0 Å². The van der Waals surface area contributed by atoms with E-state index in [4.69, 9.17) is 14.7 Å². The van der Waals surface area contributed by atoms with Crippen LogP contribution in [0.3, 0.4) is 0 Å². The SMILES string of the molecule is N#CCCCOC1CCOCC1. The van der Waals surface area contributed by atoms with E-state index in [-0.39, 0.29) is 0 Å². The van der Waals surface area contributed by atoms with E-state index in [1.54, 1.807) is 0 Å². The molecular weight excluding hydrogens is 154 g/mol. The van der Waals surface area contributed by atoms with Crippen LogP contribution in [0.4, 0.5) is 0 Å². The summed E-state index contributed by atoms with van der Waals surface area (Å²) in [6.07, 6.45) is 3.84. The lowest BCUT2D eigenvalue weighted by atomic mass is 10.1. The van der Waals surface area contributed by atoms with Gasteiger partial charge in [0, 0.05) is 26.2 Å². The third-order valence-corrected chi connectivity index (χ3v) is 1.95. The first-order valence-corrected chi connectivity index (χ1v) is 4.50. The van der Waals surface area contributed by atoms with E-state index >= 15 is 0 Å². The maximum atomic E-state index is 8.28. The molecule has 0 aromatic rings. The lowest BCUT2D eigenvalue weighted by Gasteiger charge is -2.22. The van der Waals surface area contributed by atoms with E-state index in [1.807, 2.05) is 0 Å². The summed E-state index contributed by atoms with van der Waals surface area (Å²) >= 11 is 0. The zero-order chi connectivity index (χ0) is 8.65. The van der Waals surface area contributed by atoms with E-state index in [1.165, 1.54) is 0 Å². The molecule has 0 spiro atoms. The summed E-state index contributed by atoms with van der Waals surface area (Å²) in [5.41, 5.74) is 0. The highest BCUT2D eigenvalue weighted by Gasteiger charge is 2.13.